The lowest BCUT2D eigenvalue weighted by Crippen LogP contribution is -2.27. The van der Waals surface area contributed by atoms with Gasteiger partial charge in [-0.25, -0.2) is 4.98 Å². The van der Waals surface area contributed by atoms with Crippen LogP contribution in [0.15, 0.2) is 5.38 Å². The van der Waals surface area contributed by atoms with Gasteiger partial charge in [0.05, 0.1) is 22.0 Å². The third kappa shape index (κ3) is 4.19. The minimum absolute atomic E-state index is 0.0637. The summed E-state index contributed by atoms with van der Waals surface area (Å²) in [4.78, 5) is 17.1. The van der Waals surface area contributed by atoms with E-state index in [1.54, 1.807) is 11.3 Å². The standard InChI is InChI=1S/C17H26N4OS/c1-10(2)14-13(11(3)20-21-14)15(22)18-8-7-12-9-23-16(19-12)17(4,5)6/h9-10H,7-8H2,1-6H3,(H,18,22)(H,20,21). The lowest BCUT2D eigenvalue weighted by molar-refractivity contribution is 0.0952. The van der Waals surface area contributed by atoms with Crippen molar-refractivity contribution < 1.29 is 4.79 Å². The van der Waals surface area contributed by atoms with Gasteiger partial charge in [0.1, 0.15) is 0 Å². The Balaban J connectivity index is 1.95. The molecule has 23 heavy (non-hydrogen) atoms. The molecule has 0 aliphatic carbocycles. The van der Waals surface area contributed by atoms with Gasteiger partial charge in [0.2, 0.25) is 0 Å². The van der Waals surface area contributed by atoms with Crippen LogP contribution in [0.4, 0.5) is 0 Å². The van der Waals surface area contributed by atoms with Gasteiger partial charge in [0.15, 0.2) is 0 Å². The number of hydrogen-bond acceptors (Lipinski definition) is 4. The lowest BCUT2D eigenvalue weighted by atomic mass is 9.98. The van der Waals surface area contributed by atoms with E-state index in [-0.39, 0.29) is 17.2 Å². The highest BCUT2D eigenvalue weighted by atomic mass is 32.1. The van der Waals surface area contributed by atoms with E-state index in [4.69, 9.17) is 0 Å². The van der Waals surface area contributed by atoms with Crippen LogP contribution < -0.4 is 5.32 Å². The first-order valence-corrected chi connectivity index (χ1v) is 8.86. The van der Waals surface area contributed by atoms with Crippen LogP contribution in [0.1, 0.15) is 73.0 Å². The highest BCUT2D eigenvalue weighted by Gasteiger charge is 2.20. The number of carbonyl (C=O) groups is 1. The molecule has 2 N–H and O–H groups in total. The van der Waals surface area contributed by atoms with Gasteiger partial charge in [-0.05, 0) is 12.8 Å². The summed E-state index contributed by atoms with van der Waals surface area (Å²) in [6, 6.07) is 0. The zero-order valence-corrected chi connectivity index (χ0v) is 15.6. The van der Waals surface area contributed by atoms with Crippen molar-refractivity contribution in [2.24, 2.45) is 0 Å². The Bertz CT molecular complexity index is 679. The minimum Gasteiger partial charge on any atom is -0.352 e. The minimum atomic E-state index is -0.0637. The smallest absolute Gasteiger partial charge is 0.255 e. The number of nitrogens with one attached hydrogen (secondary N) is 2. The van der Waals surface area contributed by atoms with Crippen molar-refractivity contribution >= 4 is 17.2 Å². The van der Waals surface area contributed by atoms with Crippen molar-refractivity contribution in [2.45, 2.75) is 59.3 Å². The summed E-state index contributed by atoms with van der Waals surface area (Å²) in [5.74, 6) is 0.153. The molecule has 0 radical (unpaired) electrons. The molecular formula is C17H26N4OS. The van der Waals surface area contributed by atoms with Gasteiger partial charge in [0.25, 0.3) is 5.91 Å². The number of nitrogens with zero attached hydrogens (tertiary/aromatic N) is 2. The second kappa shape index (κ2) is 6.83. The molecule has 0 aliphatic rings. The Labute approximate surface area is 141 Å². The molecule has 2 heterocycles. The van der Waals surface area contributed by atoms with Crippen LogP contribution in [0.5, 0.6) is 0 Å². The fraction of sp³-hybridized carbons (Fsp3) is 0.588. The van der Waals surface area contributed by atoms with E-state index >= 15 is 0 Å². The highest BCUT2D eigenvalue weighted by molar-refractivity contribution is 7.09. The zero-order chi connectivity index (χ0) is 17.2. The average Bonchev–Trinajstić information content (AvgIpc) is 3.04. The van der Waals surface area contributed by atoms with E-state index in [9.17, 15) is 4.79 Å². The first kappa shape index (κ1) is 17.7. The number of aromatic amines is 1. The van der Waals surface area contributed by atoms with Crippen molar-refractivity contribution in [3.63, 3.8) is 0 Å². The summed E-state index contributed by atoms with van der Waals surface area (Å²) >= 11 is 1.68. The van der Waals surface area contributed by atoms with Gasteiger partial charge in [-0.1, -0.05) is 34.6 Å². The van der Waals surface area contributed by atoms with Crippen LogP contribution in [-0.2, 0) is 11.8 Å². The second-order valence-corrected chi connectivity index (χ2v) is 8.02. The SMILES string of the molecule is Cc1[nH]nc(C(C)C)c1C(=O)NCCc1csc(C(C)(C)C)n1. The molecular weight excluding hydrogens is 308 g/mol. The Morgan fingerprint density at radius 2 is 2.09 bits per heavy atom. The molecule has 5 nitrogen and oxygen atoms in total. The van der Waals surface area contributed by atoms with Gasteiger partial charge in [0, 0.05) is 29.5 Å². The van der Waals surface area contributed by atoms with Crippen LogP contribution in [0.3, 0.4) is 0 Å². The average molecular weight is 334 g/mol. The Kier molecular flexibility index (Phi) is 5.24. The highest BCUT2D eigenvalue weighted by Crippen LogP contribution is 2.25. The van der Waals surface area contributed by atoms with E-state index in [0.717, 1.165) is 28.5 Å². The fourth-order valence-corrected chi connectivity index (χ4v) is 3.25. The first-order chi connectivity index (χ1) is 10.7. The summed E-state index contributed by atoms with van der Waals surface area (Å²) in [5, 5.41) is 13.3. The van der Waals surface area contributed by atoms with Crippen molar-refractivity contribution in [2.75, 3.05) is 6.54 Å². The van der Waals surface area contributed by atoms with Crippen LogP contribution in [0.25, 0.3) is 0 Å². The van der Waals surface area contributed by atoms with Crippen LogP contribution >= 0.6 is 11.3 Å². The molecule has 0 aliphatic heterocycles. The van der Waals surface area contributed by atoms with Crippen LogP contribution in [-0.4, -0.2) is 27.6 Å². The predicted octanol–water partition coefficient (Wildman–Crippen LogP) is 3.57. The quantitative estimate of drug-likeness (QED) is 0.878. The Morgan fingerprint density at radius 1 is 1.39 bits per heavy atom. The molecule has 6 heteroatoms. The summed E-state index contributed by atoms with van der Waals surface area (Å²) < 4.78 is 0. The number of H-pyrrole nitrogens is 1. The van der Waals surface area contributed by atoms with Crippen molar-refractivity contribution in [3.05, 3.63) is 33.0 Å². The molecule has 2 rings (SSSR count). The van der Waals surface area contributed by atoms with Gasteiger partial charge < -0.3 is 5.32 Å². The molecule has 0 aromatic carbocycles. The van der Waals surface area contributed by atoms with Crippen LogP contribution in [0.2, 0.25) is 0 Å². The number of hydrogen-bond donors (Lipinski definition) is 2. The number of aryl methyl sites for hydroxylation is 1. The number of thiazole rings is 1. The summed E-state index contributed by atoms with van der Waals surface area (Å²) in [5.41, 5.74) is 3.42. The molecule has 0 atom stereocenters. The van der Waals surface area contributed by atoms with E-state index in [0.29, 0.717) is 12.1 Å². The van der Waals surface area contributed by atoms with Crippen molar-refractivity contribution in [1.29, 1.82) is 0 Å². The lowest BCUT2D eigenvalue weighted by Gasteiger charge is -2.13. The predicted molar refractivity (Wildman–Crippen MR) is 94.3 cm³/mol. The maximum absolute atomic E-state index is 12.4. The van der Waals surface area contributed by atoms with E-state index in [1.165, 1.54) is 0 Å². The summed E-state index contributed by atoms with van der Waals surface area (Å²) in [7, 11) is 0. The molecule has 0 saturated carbocycles. The van der Waals surface area contributed by atoms with E-state index in [1.807, 2.05) is 20.8 Å². The molecule has 0 unspecified atom stereocenters. The number of amides is 1. The molecule has 126 valence electrons. The molecule has 0 saturated heterocycles. The Hall–Kier alpha value is -1.69. The summed E-state index contributed by atoms with van der Waals surface area (Å²) in [6.07, 6.45) is 0.742. The molecule has 2 aromatic heterocycles. The number of carbonyl (C=O) groups excluding carboxylic acids is 1. The van der Waals surface area contributed by atoms with Gasteiger partial charge in [-0.2, -0.15) is 5.10 Å². The van der Waals surface area contributed by atoms with E-state index < -0.39 is 0 Å². The molecule has 1 amide bonds. The van der Waals surface area contributed by atoms with Gasteiger partial charge in [-0.3, -0.25) is 9.89 Å². The molecule has 0 bridgehead atoms. The molecule has 0 fully saturated rings. The Morgan fingerprint density at radius 3 is 2.65 bits per heavy atom. The largest absolute Gasteiger partial charge is 0.352 e. The van der Waals surface area contributed by atoms with E-state index in [2.05, 4.69) is 46.6 Å². The monoisotopic (exact) mass is 334 g/mol. The fourth-order valence-electron chi connectivity index (χ4n) is 2.31. The van der Waals surface area contributed by atoms with Crippen molar-refractivity contribution in [3.8, 4) is 0 Å². The first-order valence-electron chi connectivity index (χ1n) is 7.98. The third-order valence-corrected chi connectivity index (χ3v) is 4.93. The maximum Gasteiger partial charge on any atom is 0.255 e. The van der Waals surface area contributed by atoms with Crippen molar-refractivity contribution in [1.82, 2.24) is 20.5 Å². The topological polar surface area (TPSA) is 70.7 Å². The molecule has 2 aromatic rings. The second-order valence-electron chi connectivity index (χ2n) is 7.16. The zero-order valence-electron chi connectivity index (χ0n) is 14.8. The number of rotatable bonds is 5. The third-order valence-electron chi connectivity index (χ3n) is 3.61. The number of aromatic nitrogens is 3. The van der Waals surface area contributed by atoms with Gasteiger partial charge in [-0.15, -0.1) is 11.3 Å². The molecule has 0 spiro atoms. The normalized spacial score (nSPS) is 12.0. The van der Waals surface area contributed by atoms with Crippen LogP contribution in [0, 0.1) is 6.92 Å². The van der Waals surface area contributed by atoms with Gasteiger partial charge >= 0.3 is 0 Å². The summed E-state index contributed by atoms with van der Waals surface area (Å²) in [6.45, 7) is 13.0. The maximum atomic E-state index is 12.4.